The van der Waals surface area contributed by atoms with Gasteiger partial charge >= 0.3 is 0 Å². The minimum atomic E-state index is 0.785. The van der Waals surface area contributed by atoms with E-state index in [1.54, 1.807) is 7.11 Å². The Morgan fingerprint density at radius 1 is 1.15 bits per heavy atom. The van der Waals surface area contributed by atoms with Gasteiger partial charge in [0.1, 0.15) is 11.5 Å². The Labute approximate surface area is 132 Å². The van der Waals surface area contributed by atoms with Crippen molar-refractivity contribution in [3.8, 4) is 11.5 Å². The van der Waals surface area contributed by atoms with Gasteiger partial charge in [0.15, 0.2) is 0 Å². The molecule has 1 aromatic rings. The van der Waals surface area contributed by atoms with Crippen molar-refractivity contribution < 1.29 is 9.47 Å². The van der Waals surface area contributed by atoms with Gasteiger partial charge in [-0.3, -0.25) is 0 Å². The predicted octanol–water partition coefficient (Wildman–Crippen LogP) is 5.83. The Hall–Kier alpha value is -0.700. The van der Waals surface area contributed by atoms with E-state index >= 15 is 0 Å². The molecule has 2 nitrogen and oxygen atoms in total. The third kappa shape index (κ3) is 6.17. The summed E-state index contributed by atoms with van der Waals surface area (Å²) >= 11 is 3.44. The highest BCUT2D eigenvalue weighted by molar-refractivity contribution is 9.10. The van der Waals surface area contributed by atoms with Crippen LogP contribution in [0.4, 0.5) is 0 Å². The third-order valence-electron chi connectivity index (χ3n) is 3.67. The fourth-order valence-electron chi connectivity index (χ4n) is 2.42. The molecular weight excluding hydrogens is 316 g/mol. The summed E-state index contributed by atoms with van der Waals surface area (Å²) in [7, 11) is 1.67. The first-order valence-corrected chi connectivity index (χ1v) is 8.46. The lowest BCUT2D eigenvalue weighted by Gasteiger charge is -2.13. The lowest BCUT2D eigenvalue weighted by molar-refractivity contribution is 0.294. The maximum absolute atomic E-state index is 5.78. The zero-order valence-corrected chi connectivity index (χ0v) is 14.5. The predicted molar refractivity (Wildman–Crippen MR) is 88.7 cm³/mol. The van der Waals surface area contributed by atoms with Crippen LogP contribution in [0.2, 0.25) is 0 Å². The van der Waals surface area contributed by atoms with Gasteiger partial charge in [-0.15, -0.1) is 0 Å². The molecule has 0 N–H and O–H groups in total. The quantitative estimate of drug-likeness (QED) is 0.497. The van der Waals surface area contributed by atoms with Crippen LogP contribution >= 0.6 is 15.9 Å². The molecule has 0 bridgehead atoms. The first-order chi connectivity index (χ1) is 9.71. The fourth-order valence-corrected chi connectivity index (χ4v) is 2.82. The fraction of sp³-hybridized carbons (Fsp3) is 0.647. The van der Waals surface area contributed by atoms with E-state index in [9.17, 15) is 0 Å². The molecule has 1 rings (SSSR count). The van der Waals surface area contributed by atoms with Crippen molar-refractivity contribution in [2.24, 2.45) is 5.92 Å². The molecule has 1 aromatic carbocycles. The molecule has 0 amide bonds. The van der Waals surface area contributed by atoms with Crippen LogP contribution in [0.1, 0.15) is 52.4 Å². The first kappa shape index (κ1) is 17.4. The van der Waals surface area contributed by atoms with Gasteiger partial charge < -0.3 is 9.47 Å². The number of rotatable bonds is 10. The van der Waals surface area contributed by atoms with Gasteiger partial charge in [-0.25, -0.2) is 0 Å². The second-order valence-electron chi connectivity index (χ2n) is 5.20. The van der Waals surface area contributed by atoms with E-state index in [0.717, 1.165) is 34.9 Å². The van der Waals surface area contributed by atoms with Gasteiger partial charge in [-0.2, -0.15) is 0 Å². The molecule has 0 fully saturated rings. The number of halogens is 1. The summed E-state index contributed by atoms with van der Waals surface area (Å²) in [6.07, 6.45) is 7.68. The zero-order chi connectivity index (χ0) is 14.8. The second-order valence-corrected chi connectivity index (χ2v) is 6.06. The molecular formula is C17H27BrO2. The normalized spacial score (nSPS) is 12.2. The van der Waals surface area contributed by atoms with Crippen molar-refractivity contribution in [3.63, 3.8) is 0 Å². The Morgan fingerprint density at radius 2 is 1.95 bits per heavy atom. The van der Waals surface area contributed by atoms with E-state index in [1.165, 1.54) is 32.1 Å². The summed E-state index contributed by atoms with van der Waals surface area (Å²) in [4.78, 5) is 0. The van der Waals surface area contributed by atoms with Crippen LogP contribution in [-0.4, -0.2) is 13.7 Å². The van der Waals surface area contributed by atoms with Gasteiger partial charge in [0.25, 0.3) is 0 Å². The maximum atomic E-state index is 5.78. The highest BCUT2D eigenvalue weighted by atomic mass is 79.9. The third-order valence-corrected chi connectivity index (χ3v) is 4.33. The van der Waals surface area contributed by atoms with Gasteiger partial charge in [0.05, 0.1) is 18.2 Å². The Bertz CT molecular complexity index is 379. The minimum absolute atomic E-state index is 0.785. The van der Waals surface area contributed by atoms with E-state index in [0.29, 0.717) is 0 Å². The topological polar surface area (TPSA) is 18.5 Å². The van der Waals surface area contributed by atoms with E-state index in [4.69, 9.17) is 9.47 Å². The highest BCUT2D eigenvalue weighted by Gasteiger charge is 2.05. The number of hydrogen-bond acceptors (Lipinski definition) is 2. The van der Waals surface area contributed by atoms with Crippen LogP contribution in [0.15, 0.2) is 22.7 Å². The van der Waals surface area contributed by atoms with E-state index in [1.807, 2.05) is 18.2 Å². The second kappa shape index (κ2) is 10.1. The van der Waals surface area contributed by atoms with Crippen molar-refractivity contribution in [1.29, 1.82) is 0 Å². The highest BCUT2D eigenvalue weighted by Crippen LogP contribution is 2.29. The average Bonchev–Trinajstić information content (AvgIpc) is 2.47. The van der Waals surface area contributed by atoms with Gasteiger partial charge in [0, 0.05) is 6.07 Å². The molecule has 1 unspecified atom stereocenters. The Morgan fingerprint density at radius 3 is 2.60 bits per heavy atom. The smallest absolute Gasteiger partial charge is 0.136 e. The number of unbranched alkanes of at least 4 members (excludes halogenated alkanes) is 1. The van der Waals surface area contributed by atoms with E-state index in [-0.39, 0.29) is 0 Å². The number of methoxy groups -OCH3 is 1. The molecule has 0 aliphatic rings. The summed E-state index contributed by atoms with van der Waals surface area (Å²) in [5.74, 6) is 2.59. The summed E-state index contributed by atoms with van der Waals surface area (Å²) in [6, 6.07) is 5.86. The van der Waals surface area contributed by atoms with Gasteiger partial charge in [-0.1, -0.05) is 39.5 Å². The molecule has 0 heterocycles. The number of hydrogen-bond donors (Lipinski definition) is 0. The number of ether oxygens (including phenoxy) is 2. The van der Waals surface area contributed by atoms with E-state index in [2.05, 4.69) is 29.8 Å². The molecule has 1 atom stereocenters. The molecule has 0 spiro atoms. The van der Waals surface area contributed by atoms with Crippen LogP contribution < -0.4 is 9.47 Å². The maximum Gasteiger partial charge on any atom is 0.136 e. The molecule has 0 aliphatic carbocycles. The average molecular weight is 343 g/mol. The molecule has 0 saturated heterocycles. The van der Waals surface area contributed by atoms with Crippen molar-refractivity contribution in [2.75, 3.05) is 13.7 Å². The summed E-state index contributed by atoms with van der Waals surface area (Å²) in [5.41, 5.74) is 0. The van der Waals surface area contributed by atoms with Crippen molar-refractivity contribution >= 4 is 15.9 Å². The van der Waals surface area contributed by atoms with E-state index < -0.39 is 0 Å². The van der Waals surface area contributed by atoms with Crippen LogP contribution in [0.5, 0.6) is 11.5 Å². The minimum Gasteiger partial charge on any atom is -0.495 e. The van der Waals surface area contributed by atoms with Crippen LogP contribution in [0.3, 0.4) is 0 Å². The molecule has 0 saturated carbocycles. The van der Waals surface area contributed by atoms with Crippen LogP contribution in [0, 0.1) is 5.92 Å². The molecule has 20 heavy (non-hydrogen) atoms. The molecule has 0 radical (unpaired) electrons. The monoisotopic (exact) mass is 342 g/mol. The summed E-state index contributed by atoms with van der Waals surface area (Å²) in [5, 5.41) is 0. The molecule has 114 valence electrons. The Balaban J connectivity index is 2.24. The Kier molecular flexibility index (Phi) is 8.75. The zero-order valence-electron chi connectivity index (χ0n) is 13.0. The number of benzene rings is 1. The molecule has 0 aromatic heterocycles. The molecule has 3 heteroatoms. The van der Waals surface area contributed by atoms with Crippen LogP contribution in [-0.2, 0) is 0 Å². The molecule has 0 aliphatic heterocycles. The lowest BCUT2D eigenvalue weighted by Crippen LogP contribution is -2.02. The van der Waals surface area contributed by atoms with Crippen molar-refractivity contribution in [1.82, 2.24) is 0 Å². The van der Waals surface area contributed by atoms with Crippen molar-refractivity contribution in [3.05, 3.63) is 22.7 Å². The van der Waals surface area contributed by atoms with Gasteiger partial charge in [0.2, 0.25) is 0 Å². The lowest BCUT2D eigenvalue weighted by atomic mass is 9.95. The largest absolute Gasteiger partial charge is 0.495 e. The standard InChI is InChI=1S/C17H27BrO2/c1-4-8-14(5-2)9-6-7-12-20-15-10-11-16(18)17(13-15)19-3/h10-11,13-14H,4-9,12H2,1-3H3. The SMILES string of the molecule is CCCC(CC)CCCCOc1ccc(Br)c(OC)c1. The summed E-state index contributed by atoms with van der Waals surface area (Å²) in [6.45, 7) is 5.35. The van der Waals surface area contributed by atoms with Crippen LogP contribution in [0.25, 0.3) is 0 Å². The van der Waals surface area contributed by atoms with Crippen molar-refractivity contribution in [2.45, 2.75) is 52.4 Å². The van der Waals surface area contributed by atoms with Gasteiger partial charge in [-0.05, 0) is 46.8 Å². The summed E-state index contributed by atoms with van der Waals surface area (Å²) < 4.78 is 12.0. The first-order valence-electron chi connectivity index (χ1n) is 7.67.